The first-order valence-corrected chi connectivity index (χ1v) is 5.70. The molecule has 0 aliphatic carbocycles. The van der Waals surface area contributed by atoms with Crippen molar-refractivity contribution in [2.45, 2.75) is 26.3 Å². The highest BCUT2D eigenvalue weighted by Gasteiger charge is 2.17. The summed E-state index contributed by atoms with van der Waals surface area (Å²) in [5.41, 5.74) is 1.17. The number of hydrogen-bond donors (Lipinski definition) is 1. The average molecular weight is 244 g/mol. The SMILES string of the molecule is CC(C)(C)N(O)C=C1C=NC(c2ccncc2)=N1. The molecule has 0 bridgehead atoms. The first-order valence-electron chi connectivity index (χ1n) is 5.70. The maximum atomic E-state index is 9.82. The molecule has 94 valence electrons. The molecule has 0 atom stereocenters. The van der Waals surface area contributed by atoms with Gasteiger partial charge >= 0.3 is 0 Å². The van der Waals surface area contributed by atoms with Crippen molar-refractivity contribution >= 4 is 12.1 Å². The van der Waals surface area contributed by atoms with Crippen molar-refractivity contribution in [1.82, 2.24) is 10.0 Å². The molecule has 1 N–H and O–H groups in total. The molecule has 0 amide bonds. The lowest BCUT2D eigenvalue weighted by atomic mass is 10.1. The topological polar surface area (TPSA) is 61.1 Å². The normalized spacial score (nSPS) is 17.1. The molecule has 1 aromatic rings. The van der Waals surface area contributed by atoms with E-state index in [1.165, 1.54) is 0 Å². The monoisotopic (exact) mass is 244 g/mol. The zero-order valence-corrected chi connectivity index (χ0v) is 10.7. The van der Waals surface area contributed by atoms with Crippen molar-refractivity contribution in [1.29, 1.82) is 0 Å². The van der Waals surface area contributed by atoms with Crippen LogP contribution in [0.25, 0.3) is 0 Å². The van der Waals surface area contributed by atoms with Crippen LogP contribution in [0.2, 0.25) is 0 Å². The summed E-state index contributed by atoms with van der Waals surface area (Å²) in [5.74, 6) is 0.631. The Bertz CT molecular complexity index is 512. The van der Waals surface area contributed by atoms with Gasteiger partial charge in [-0.1, -0.05) is 0 Å². The van der Waals surface area contributed by atoms with Crippen LogP contribution in [-0.4, -0.2) is 32.8 Å². The van der Waals surface area contributed by atoms with Gasteiger partial charge in [0.15, 0.2) is 5.84 Å². The minimum absolute atomic E-state index is 0.365. The number of hydrogen-bond acceptors (Lipinski definition) is 5. The average Bonchev–Trinajstić information content (AvgIpc) is 2.77. The van der Waals surface area contributed by atoms with E-state index in [0.29, 0.717) is 11.5 Å². The molecule has 0 aromatic carbocycles. The second-order valence-corrected chi connectivity index (χ2v) is 5.00. The van der Waals surface area contributed by atoms with Gasteiger partial charge in [0, 0.05) is 18.0 Å². The number of rotatable bonds is 2. The van der Waals surface area contributed by atoms with Gasteiger partial charge in [-0.15, -0.1) is 0 Å². The summed E-state index contributed by atoms with van der Waals surface area (Å²) in [6, 6.07) is 3.69. The van der Waals surface area contributed by atoms with Gasteiger partial charge in [-0.2, -0.15) is 0 Å². The fraction of sp³-hybridized carbons (Fsp3) is 0.308. The molecular weight excluding hydrogens is 228 g/mol. The summed E-state index contributed by atoms with van der Waals surface area (Å²) >= 11 is 0. The molecule has 0 saturated heterocycles. The predicted molar refractivity (Wildman–Crippen MR) is 70.7 cm³/mol. The van der Waals surface area contributed by atoms with Crippen LogP contribution in [0.1, 0.15) is 26.3 Å². The Hall–Kier alpha value is -2.01. The van der Waals surface area contributed by atoms with E-state index in [1.54, 1.807) is 24.8 Å². The Labute approximate surface area is 106 Å². The molecule has 2 rings (SSSR count). The van der Waals surface area contributed by atoms with Crippen molar-refractivity contribution in [2.24, 2.45) is 9.98 Å². The molecule has 1 aliphatic rings. The lowest BCUT2D eigenvalue weighted by Crippen LogP contribution is -2.34. The smallest absolute Gasteiger partial charge is 0.160 e. The molecule has 0 unspecified atom stereocenters. The largest absolute Gasteiger partial charge is 0.288 e. The molecule has 1 aliphatic heterocycles. The van der Waals surface area contributed by atoms with Crippen LogP contribution in [-0.2, 0) is 0 Å². The van der Waals surface area contributed by atoms with Crippen LogP contribution in [0.3, 0.4) is 0 Å². The third kappa shape index (κ3) is 2.81. The highest BCUT2D eigenvalue weighted by molar-refractivity contribution is 6.10. The standard InChI is InChI=1S/C13H16N4O/c1-13(2,3)17(18)9-11-8-15-12(16-11)10-4-6-14-7-5-10/h4-9,18H,1-3H3. The van der Waals surface area contributed by atoms with Crippen LogP contribution in [0.5, 0.6) is 0 Å². The molecule has 5 nitrogen and oxygen atoms in total. The fourth-order valence-electron chi connectivity index (χ4n) is 1.33. The maximum absolute atomic E-state index is 9.82. The summed E-state index contributed by atoms with van der Waals surface area (Å²) in [6.45, 7) is 5.72. The molecule has 0 radical (unpaired) electrons. The minimum atomic E-state index is -0.365. The van der Waals surface area contributed by atoms with E-state index in [1.807, 2.05) is 32.9 Å². The molecule has 5 heteroatoms. The van der Waals surface area contributed by atoms with Crippen LogP contribution in [0.15, 0.2) is 46.4 Å². The summed E-state index contributed by atoms with van der Waals surface area (Å²) in [6.07, 6.45) is 6.59. The third-order valence-electron chi connectivity index (χ3n) is 2.43. The number of aliphatic imine (C=N–C) groups is 2. The maximum Gasteiger partial charge on any atom is 0.160 e. The third-order valence-corrected chi connectivity index (χ3v) is 2.43. The van der Waals surface area contributed by atoms with E-state index < -0.39 is 0 Å². The van der Waals surface area contributed by atoms with Gasteiger partial charge in [-0.05, 0) is 32.9 Å². The van der Waals surface area contributed by atoms with Crippen LogP contribution < -0.4 is 0 Å². The van der Waals surface area contributed by atoms with E-state index in [2.05, 4.69) is 15.0 Å². The number of pyridine rings is 1. The Morgan fingerprint density at radius 3 is 2.50 bits per heavy atom. The van der Waals surface area contributed by atoms with Crippen LogP contribution in [0.4, 0.5) is 0 Å². The molecule has 0 saturated carbocycles. The second kappa shape index (κ2) is 4.70. The van der Waals surface area contributed by atoms with Crippen molar-refractivity contribution in [3.8, 4) is 0 Å². The van der Waals surface area contributed by atoms with E-state index >= 15 is 0 Å². The number of allylic oxidation sites excluding steroid dienone is 1. The molecule has 0 spiro atoms. The van der Waals surface area contributed by atoms with Gasteiger partial charge in [0.05, 0.1) is 18.0 Å². The van der Waals surface area contributed by atoms with E-state index in [0.717, 1.165) is 10.6 Å². The summed E-state index contributed by atoms with van der Waals surface area (Å²) in [7, 11) is 0. The Balaban J connectivity index is 2.20. The van der Waals surface area contributed by atoms with Crippen LogP contribution >= 0.6 is 0 Å². The van der Waals surface area contributed by atoms with Crippen molar-refractivity contribution < 1.29 is 5.21 Å². The molecule has 0 fully saturated rings. The van der Waals surface area contributed by atoms with Crippen molar-refractivity contribution in [2.75, 3.05) is 0 Å². The zero-order chi connectivity index (χ0) is 13.2. The second-order valence-electron chi connectivity index (χ2n) is 5.00. The summed E-state index contributed by atoms with van der Waals surface area (Å²) in [4.78, 5) is 12.5. The minimum Gasteiger partial charge on any atom is -0.288 e. The van der Waals surface area contributed by atoms with Gasteiger partial charge in [-0.3, -0.25) is 15.3 Å². The number of nitrogens with zero attached hydrogens (tertiary/aromatic N) is 4. The van der Waals surface area contributed by atoms with Crippen LogP contribution in [0, 0.1) is 0 Å². The highest BCUT2D eigenvalue weighted by atomic mass is 16.5. The van der Waals surface area contributed by atoms with E-state index in [9.17, 15) is 5.21 Å². The molecule has 18 heavy (non-hydrogen) atoms. The lowest BCUT2D eigenvalue weighted by Gasteiger charge is -2.27. The van der Waals surface area contributed by atoms with Gasteiger partial charge in [0.25, 0.3) is 0 Å². The lowest BCUT2D eigenvalue weighted by molar-refractivity contribution is -0.110. The number of hydroxylamine groups is 2. The Morgan fingerprint density at radius 2 is 1.89 bits per heavy atom. The van der Waals surface area contributed by atoms with Crippen molar-refractivity contribution in [3.05, 3.63) is 42.0 Å². The van der Waals surface area contributed by atoms with E-state index in [-0.39, 0.29) is 5.54 Å². The first-order chi connectivity index (χ1) is 8.47. The predicted octanol–water partition coefficient (Wildman–Crippen LogP) is 2.24. The van der Waals surface area contributed by atoms with Gasteiger partial charge in [0.2, 0.25) is 0 Å². The Morgan fingerprint density at radius 1 is 1.22 bits per heavy atom. The molecule has 2 heterocycles. The van der Waals surface area contributed by atoms with Gasteiger partial charge < -0.3 is 0 Å². The summed E-state index contributed by atoms with van der Waals surface area (Å²) in [5, 5.41) is 11.0. The quantitative estimate of drug-likeness (QED) is 0.811. The van der Waals surface area contributed by atoms with Gasteiger partial charge in [-0.25, -0.2) is 9.98 Å². The number of aromatic nitrogens is 1. The fourth-order valence-corrected chi connectivity index (χ4v) is 1.33. The van der Waals surface area contributed by atoms with Gasteiger partial charge in [0.1, 0.15) is 5.70 Å². The first kappa shape index (κ1) is 12.4. The zero-order valence-electron chi connectivity index (χ0n) is 10.7. The number of amidine groups is 1. The Kier molecular flexibility index (Phi) is 3.25. The molecule has 1 aromatic heterocycles. The summed E-state index contributed by atoms with van der Waals surface area (Å²) < 4.78 is 0. The highest BCUT2D eigenvalue weighted by Crippen LogP contribution is 2.15. The molecular formula is C13H16N4O. The van der Waals surface area contributed by atoms with Crippen molar-refractivity contribution in [3.63, 3.8) is 0 Å². The van der Waals surface area contributed by atoms with E-state index in [4.69, 9.17) is 0 Å².